The van der Waals surface area contributed by atoms with E-state index in [9.17, 15) is 0 Å². The van der Waals surface area contributed by atoms with Crippen molar-refractivity contribution in [1.82, 2.24) is 5.32 Å². The maximum Gasteiger partial charge on any atom is 0.0367 e. The summed E-state index contributed by atoms with van der Waals surface area (Å²) in [5.41, 5.74) is 2.32. The summed E-state index contributed by atoms with van der Waals surface area (Å²) in [5.74, 6) is 0. The Morgan fingerprint density at radius 3 is 2.36 bits per heavy atom. The molecular weight excluding hydrogens is 170 g/mol. The molecule has 0 aromatic rings. The summed E-state index contributed by atoms with van der Waals surface area (Å²) in [5, 5.41) is 3.15. The van der Waals surface area contributed by atoms with Crippen LogP contribution >= 0.6 is 0 Å². The SMILES string of the molecule is C=C\C=C/C=C(C)/C(=C/C=C\C)NC. The summed E-state index contributed by atoms with van der Waals surface area (Å²) in [4.78, 5) is 0. The Bertz CT molecular complexity index is 278. The molecule has 1 N–H and O–H groups in total. The fraction of sp³-hybridized carbons (Fsp3) is 0.231. The third kappa shape index (κ3) is 5.20. The summed E-state index contributed by atoms with van der Waals surface area (Å²) >= 11 is 0. The highest BCUT2D eigenvalue weighted by atomic mass is 14.8. The van der Waals surface area contributed by atoms with Crippen LogP contribution in [0.2, 0.25) is 0 Å². The molecule has 0 atom stereocenters. The molecule has 0 aromatic carbocycles. The van der Waals surface area contributed by atoms with Gasteiger partial charge >= 0.3 is 0 Å². The van der Waals surface area contributed by atoms with Gasteiger partial charge in [0.05, 0.1) is 0 Å². The van der Waals surface area contributed by atoms with Gasteiger partial charge in [-0.1, -0.05) is 43.0 Å². The first-order chi connectivity index (χ1) is 6.76. The minimum Gasteiger partial charge on any atom is -0.388 e. The van der Waals surface area contributed by atoms with E-state index in [1.165, 1.54) is 5.57 Å². The number of hydrogen-bond donors (Lipinski definition) is 1. The van der Waals surface area contributed by atoms with Gasteiger partial charge in [-0.2, -0.15) is 0 Å². The molecule has 0 rings (SSSR count). The first-order valence-corrected chi connectivity index (χ1v) is 4.73. The molecule has 0 aromatic heterocycles. The van der Waals surface area contributed by atoms with Gasteiger partial charge in [-0.15, -0.1) is 0 Å². The Morgan fingerprint density at radius 1 is 1.14 bits per heavy atom. The molecule has 0 unspecified atom stereocenters. The van der Waals surface area contributed by atoms with Gasteiger partial charge in [-0.05, 0) is 25.5 Å². The first-order valence-electron chi connectivity index (χ1n) is 4.73. The molecule has 14 heavy (non-hydrogen) atoms. The van der Waals surface area contributed by atoms with E-state index in [1.54, 1.807) is 6.08 Å². The van der Waals surface area contributed by atoms with Crippen LogP contribution in [0.3, 0.4) is 0 Å². The molecule has 1 heteroatoms. The number of hydrogen-bond acceptors (Lipinski definition) is 1. The molecule has 0 aliphatic heterocycles. The maximum atomic E-state index is 3.61. The molecule has 0 spiro atoms. The molecule has 0 bridgehead atoms. The van der Waals surface area contributed by atoms with Crippen molar-refractivity contribution in [3.63, 3.8) is 0 Å². The van der Waals surface area contributed by atoms with Crippen molar-refractivity contribution < 1.29 is 0 Å². The quantitative estimate of drug-likeness (QED) is 0.654. The topological polar surface area (TPSA) is 12.0 Å². The molecule has 0 fully saturated rings. The van der Waals surface area contributed by atoms with Crippen molar-refractivity contribution in [2.24, 2.45) is 0 Å². The van der Waals surface area contributed by atoms with Gasteiger partial charge in [0.1, 0.15) is 0 Å². The summed E-state index contributed by atoms with van der Waals surface area (Å²) in [7, 11) is 1.92. The molecule has 0 saturated carbocycles. The summed E-state index contributed by atoms with van der Waals surface area (Å²) in [6.45, 7) is 7.68. The zero-order chi connectivity index (χ0) is 10.8. The third-order valence-corrected chi connectivity index (χ3v) is 1.74. The average Bonchev–Trinajstić information content (AvgIpc) is 2.19. The van der Waals surface area contributed by atoms with Crippen LogP contribution in [0.15, 0.2) is 60.4 Å². The van der Waals surface area contributed by atoms with E-state index in [0.29, 0.717) is 0 Å². The van der Waals surface area contributed by atoms with Crippen LogP contribution in [0, 0.1) is 0 Å². The number of rotatable bonds is 5. The Labute approximate surface area is 87.2 Å². The van der Waals surface area contributed by atoms with E-state index in [2.05, 4.69) is 18.8 Å². The summed E-state index contributed by atoms with van der Waals surface area (Å²) in [6.07, 6.45) is 13.8. The van der Waals surface area contributed by atoms with Crippen LogP contribution in [0.1, 0.15) is 13.8 Å². The smallest absolute Gasteiger partial charge is 0.0367 e. The van der Waals surface area contributed by atoms with Crippen LogP contribution in [0.5, 0.6) is 0 Å². The van der Waals surface area contributed by atoms with Crippen LogP contribution in [-0.4, -0.2) is 7.05 Å². The van der Waals surface area contributed by atoms with E-state index in [1.807, 2.05) is 50.4 Å². The fourth-order valence-electron chi connectivity index (χ4n) is 0.973. The molecule has 0 aliphatic rings. The minimum atomic E-state index is 1.12. The first kappa shape index (κ1) is 12.5. The Kier molecular flexibility index (Phi) is 7.24. The maximum absolute atomic E-state index is 3.61. The number of allylic oxidation sites excluding steroid dienone is 8. The molecule has 0 saturated heterocycles. The average molecular weight is 189 g/mol. The highest BCUT2D eigenvalue weighted by Crippen LogP contribution is 2.05. The lowest BCUT2D eigenvalue weighted by atomic mass is 10.2. The predicted molar refractivity (Wildman–Crippen MR) is 65.1 cm³/mol. The second kappa shape index (κ2) is 8.11. The highest BCUT2D eigenvalue weighted by Gasteiger charge is 1.92. The van der Waals surface area contributed by atoms with Crippen molar-refractivity contribution in [3.05, 3.63) is 60.4 Å². The van der Waals surface area contributed by atoms with Crippen molar-refractivity contribution in [3.8, 4) is 0 Å². The standard InChI is InChI=1S/C13H19N/c1-5-7-9-10-12(3)13(14-4)11-8-6-2/h5-11,14H,1H2,2-4H3/b8-6-,9-7-,12-10+,13-11-. The van der Waals surface area contributed by atoms with E-state index < -0.39 is 0 Å². The molecule has 0 amide bonds. The van der Waals surface area contributed by atoms with Gasteiger partial charge in [0.15, 0.2) is 0 Å². The molecule has 1 nitrogen and oxygen atoms in total. The van der Waals surface area contributed by atoms with Gasteiger partial charge in [-0.25, -0.2) is 0 Å². The molecule has 0 heterocycles. The monoisotopic (exact) mass is 189 g/mol. The van der Waals surface area contributed by atoms with Gasteiger partial charge < -0.3 is 5.32 Å². The van der Waals surface area contributed by atoms with Crippen LogP contribution < -0.4 is 5.32 Å². The Balaban J connectivity index is 4.60. The van der Waals surface area contributed by atoms with Crippen LogP contribution in [0.4, 0.5) is 0 Å². The van der Waals surface area contributed by atoms with Gasteiger partial charge in [0, 0.05) is 12.7 Å². The second-order valence-electron chi connectivity index (χ2n) is 2.83. The third-order valence-electron chi connectivity index (χ3n) is 1.74. The highest BCUT2D eigenvalue weighted by molar-refractivity contribution is 5.33. The van der Waals surface area contributed by atoms with Crippen molar-refractivity contribution in [2.75, 3.05) is 7.05 Å². The molecule has 0 radical (unpaired) electrons. The van der Waals surface area contributed by atoms with E-state index >= 15 is 0 Å². The van der Waals surface area contributed by atoms with Crippen molar-refractivity contribution >= 4 is 0 Å². The zero-order valence-corrected chi connectivity index (χ0v) is 9.25. The van der Waals surface area contributed by atoms with Gasteiger partial charge in [-0.3, -0.25) is 0 Å². The Morgan fingerprint density at radius 2 is 1.86 bits per heavy atom. The zero-order valence-electron chi connectivity index (χ0n) is 9.25. The molecular formula is C13H19N. The van der Waals surface area contributed by atoms with E-state index in [-0.39, 0.29) is 0 Å². The van der Waals surface area contributed by atoms with E-state index in [4.69, 9.17) is 0 Å². The lowest BCUT2D eigenvalue weighted by Crippen LogP contribution is -2.06. The minimum absolute atomic E-state index is 1.12. The van der Waals surface area contributed by atoms with E-state index in [0.717, 1.165) is 5.70 Å². The number of likely N-dealkylation sites (N-methyl/N-ethyl adjacent to an activating group) is 1. The van der Waals surface area contributed by atoms with Crippen molar-refractivity contribution in [1.29, 1.82) is 0 Å². The number of nitrogens with one attached hydrogen (secondary N) is 1. The van der Waals surface area contributed by atoms with Gasteiger partial charge in [0.25, 0.3) is 0 Å². The fourth-order valence-corrected chi connectivity index (χ4v) is 0.973. The summed E-state index contributed by atoms with van der Waals surface area (Å²) < 4.78 is 0. The normalized spacial score (nSPS) is 13.9. The lowest BCUT2D eigenvalue weighted by Gasteiger charge is -2.04. The molecule has 0 aliphatic carbocycles. The summed E-state index contributed by atoms with van der Waals surface area (Å²) in [6, 6.07) is 0. The van der Waals surface area contributed by atoms with Gasteiger partial charge in [0.2, 0.25) is 0 Å². The van der Waals surface area contributed by atoms with Crippen LogP contribution in [-0.2, 0) is 0 Å². The largest absolute Gasteiger partial charge is 0.388 e. The molecule has 76 valence electrons. The Hall–Kier alpha value is -1.50. The predicted octanol–water partition coefficient (Wildman–Crippen LogP) is 3.35. The lowest BCUT2D eigenvalue weighted by molar-refractivity contribution is 0.999. The second-order valence-corrected chi connectivity index (χ2v) is 2.83. The van der Waals surface area contributed by atoms with Crippen LogP contribution in [0.25, 0.3) is 0 Å². The van der Waals surface area contributed by atoms with Crippen molar-refractivity contribution in [2.45, 2.75) is 13.8 Å².